The molecule has 0 aliphatic carbocycles. The number of carbonyl (C=O) groups excluding carboxylic acids is 1. The molecule has 4 heterocycles. The van der Waals surface area contributed by atoms with Gasteiger partial charge < -0.3 is 14.8 Å². The van der Waals surface area contributed by atoms with Crippen LogP contribution in [0.15, 0.2) is 85.2 Å². The molecule has 0 saturated carbocycles. The third-order valence-electron chi connectivity index (χ3n) is 5.63. The number of aromatic nitrogens is 4. The number of ether oxygens (including phenoxy) is 2. The third-order valence-corrected chi connectivity index (χ3v) is 5.63. The van der Waals surface area contributed by atoms with Gasteiger partial charge in [-0.05, 0) is 60.2 Å². The number of fused-ring (bicyclic) bond motifs is 2. The largest absolute Gasteiger partial charge is 0.454 e. The maximum atomic E-state index is 12.9. The predicted octanol–water partition coefficient (Wildman–Crippen LogP) is 4.41. The summed E-state index contributed by atoms with van der Waals surface area (Å²) in [5, 5.41) is 2.95. The molecule has 6 rings (SSSR count). The van der Waals surface area contributed by atoms with Crippen molar-refractivity contribution in [1.82, 2.24) is 25.3 Å². The molecule has 0 radical (unpaired) electrons. The summed E-state index contributed by atoms with van der Waals surface area (Å²) in [6, 6.07) is 22.2. The summed E-state index contributed by atoms with van der Waals surface area (Å²) in [5.74, 6) is 1.19. The van der Waals surface area contributed by atoms with Crippen molar-refractivity contribution in [3.05, 3.63) is 96.3 Å². The van der Waals surface area contributed by atoms with Crippen molar-refractivity contribution < 1.29 is 14.3 Å². The number of amides is 1. The van der Waals surface area contributed by atoms with Crippen LogP contribution >= 0.6 is 0 Å². The summed E-state index contributed by atoms with van der Waals surface area (Å²) in [6.45, 7) is 0.572. The van der Waals surface area contributed by atoms with Crippen LogP contribution in [0.1, 0.15) is 15.9 Å². The topological polar surface area (TPSA) is 99.1 Å². The third kappa shape index (κ3) is 4.13. The molecule has 170 valence electrons. The summed E-state index contributed by atoms with van der Waals surface area (Å²) in [7, 11) is 0. The lowest BCUT2D eigenvalue weighted by Crippen LogP contribution is -2.22. The molecule has 1 aliphatic heterocycles. The van der Waals surface area contributed by atoms with Crippen LogP contribution in [0.5, 0.6) is 11.5 Å². The smallest absolute Gasteiger partial charge is 0.251 e. The quantitative estimate of drug-likeness (QED) is 0.414. The average Bonchev–Trinajstić information content (AvgIpc) is 3.40. The van der Waals surface area contributed by atoms with Crippen LogP contribution in [0.3, 0.4) is 0 Å². The highest BCUT2D eigenvalue weighted by atomic mass is 16.7. The maximum absolute atomic E-state index is 12.9. The summed E-state index contributed by atoms with van der Waals surface area (Å²) in [4.78, 5) is 31.5. The van der Waals surface area contributed by atoms with Crippen LogP contribution in [0.25, 0.3) is 33.8 Å². The van der Waals surface area contributed by atoms with E-state index < -0.39 is 0 Å². The predicted molar refractivity (Wildman–Crippen MR) is 130 cm³/mol. The number of pyridine rings is 2. The monoisotopic (exact) mass is 461 g/mol. The van der Waals surface area contributed by atoms with Crippen molar-refractivity contribution in [1.29, 1.82) is 0 Å². The second-order valence-electron chi connectivity index (χ2n) is 7.92. The standard InChI is InChI=1S/C27H19N5O3/c33-27(30-15-17-7-10-23-24(13-17)35-16-34-23)18-8-9-19-22(14-18)32-26(21-6-2-4-12-29-21)25(31-19)20-5-1-3-11-28-20/h1-14H,15-16H2,(H,30,33). The van der Waals surface area contributed by atoms with Crippen molar-refractivity contribution >= 4 is 16.9 Å². The van der Waals surface area contributed by atoms with Gasteiger partial charge in [0.25, 0.3) is 5.91 Å². The fraction of sp³-hybridized carbons (Fsp3) is 0.0741. The van der Waals surface area contributed by atoms with E-state index in [-0.39, 0.29) is 12.7 Å². The molecule has 0 spiro atoms. The van der Waals surface area contributed by atoms with Gasteiger partial charge in [0.2, 0.25) is 6.79 Å². The normalized spacial score (nSPS) is 12.0. The second-order valence-corrected chi connectivity index (χ2v) is 7.92. The Morgan fingerprint density at radius 3 is 2.20 bits per heavy atom. The Bertz CT molecular complexity index is 1540. The first-order chi connectivity index (χ1) is 17.2. The van der Waals surface area contributed by atoms with E-state index in [1.807, 2.05) is 54.6 Å². The van der Waals surface area contributed by atoms with E-state index in [0.717, 1.165) is 5.56 Å². The molecule has 5 aromatic rings. The van der Waals surface area contributed by atoms with Crippen molar-refractivity contribution in [2.45, 2.75) is 6.54 Å². The van der Waals surface area contributed by atoms with Crippen molar-refractivity contribution in [2.24, 2.45) is 0 Å². The molecule has 0 bridgehead atoms. The highest BCUT2D eigenvalue weighted by Crippen LogP contribution is 2.32. The minimum atomic E-state index is -0.209. The summed E-state index contributed by atoms with van der Waals surface area (Å²) < 4.78 is 10.7. The summed E-state index contributed by atoms with van der Waals surface area (Å²) in [6.07, 6.45) is 3.43. The molecular formula is C27H19N5O3. The van der Waals surface area contributed by atoms with Gasteiger partial charge in [-0.2, -0.15) is 0 Å². The number of nitrogens with one attached hydrogen (secondary N) is 1. The van der Waals surface area contributed by atoms with E-state index in [9.17, 15) is 4.79 Å². The van der Waals surface area contributed by atoms with Gasteiger partial charge >= 0.3 is 0 Å². The van der Waals surface area contributed by atoms with Gasteiger partial charge in [0.05, 0.1) is 22.4 Å². The van der Waals surface area contributed by atoms with Crippen molar-refractivity contribution in [3.63, 3.8) is 0 Å². The minimum absolute atomic E-state index is 0.209. The fourth-order valence-corrected chi connectivity index (χ4v) is 3.89. The molecule has 1 aliphatic rings. The molecule has 0 unspecified atom stereocenters. The lowest BCUT2D eigenvalue weighted by molar-refractivity contribution is 0.0951. The zero-order valence-corrected chi connectivity index (χ0v) is 18.5. The molecule has 0 atom stereocenters. The minimum Gasteiger partial charge on any atom is -0.454 e. The Hall–Kier alpha value is -4.85. The maximum Gasteiger partial charge on any atom is 0.251 e. The first-order valence-corrected chi connectivity index (χ1v) is 11.1. The number of hydrogen-bond donors (Lipinski definition) is 1. The zero-order valence-electron chi connectivity index (χ0n) is 18.5. The van der Waals surface area contributed by atoms with Gasteiger partial charge in [0.1, 0.15) is 11.4 Å². The number of nitrogens with zero attached hydrogens (tertiary/aromatic N) is 4. The highest BCUT2D eigenvalue weighted by molar-refractivity contribution is 5.98. The van der Waals surface area contributed by atoms with E-state index in [4.69, 9.17) is 19.4 Å². The molecule has 0 fully saturated rings. The van der Waals surface area contributed by atoms with E-state index in [2.05, 4.69) is 15.3 Å². The van der Waals surface area contributed by atoms with Crippen LogP contribution < -0.4 is 14.8 Å². The number of benzene rings is 2. The van der Waals surface area contributed by atoms with Crippen LogP contribution in [0.4, 0.5) is 0 Å². The molecule has 1 amide bonds. The van der Waals surface area contributed by atoms with Crippen LogP contribution in [-0.4, -0.2) is 32.6 Å². The molecule has 3 aromatic heterocycles. The second kappa shape index (κ2) is 8.83. The summed E-state index contributed by atoms with van der Waals surface area (Å²) in [5.41, 5.74) is 5.30. The Balaban J connectivity index is 1.32. The summed E-state index contributed by atoms with van der Waals surface area (Å²) >= 11 is 0. The van der Waals surface area contributed by atoms with E-state index in [1.54, 1.807) is 30.6 Å². The zero-order chi connectivity index (χ0) is 23.6. The first kappa shape index (κ1) is 20.7. The number of rotatable bonds is 5. The molecular weight excluding hydrogens is 442 g/mol. The molecule has 2 aromatic carbocycles. The Morgan fingerprint density at radius 2 is 1.49 bits per heavy atom. The van der Waals surface area contributed by atoms with Gasteiger partial charge in [0.15, 0.2) is 11.5 Å². The van der Waals surface area contributed by atoms with Crippen LogP contribution in [0, 0.1) is 0 Å². The fourth-order valence-electron chi connectivity index (χ4n) is 3.89. The molecule has 8 heteroatoms. The first-order valence-electron chi connectivity index (χ1n) is 11.1. The lowest BCUT2D eigenvalue weighted by atomic mass is 10.1. The SMILES string of the molecule is O=C(NCc1ccc2c(c1)OCO2)c1ccc2nc(-c3ccccn3)c(-c3ccccn3)nc2c1. The molecule has 1 N–H and O–H groups in total. The Morgan fingerprint density at radius 1 is 0.771 bits per heavy atom. The van der Waals surface area contributed by atoms with Gasteiger partial charge in [0, 0.05) is 24.5 Å². The van der Waals surface area contributed by atoms with Gasteiger partial charge in [-0.1, -0.05) is 18.2 Å². The number of hydrogen-bond acceptors (Lipinski definition) is 7. The van der Waals surface area contributed by atoms with Crippen molar-refractivity contribution in [2.75, 3.05) is 6.79 Å². The van der Waals surface area contributed by atoms with Crippen molar-refractivity contribution in [3.8, 4) is 34.3 Å². The van der Waals surface area contributed by atoms with Crippen LogP contribution in [-0.2, 0) is 6.54 Å². The lowest BCUT2D eigenvalue weighted by Gasteiger charge is -2.11. The van der Waals surface area contributed by atoms with E-state index >= 15 is 0 Å². The molecule has 8 nitrogen and oxygen atoms in total. The Labute approximate surface area is 200 Å². The molecule has 0 saturated heterocycles. The van der Waals surface area contributed by atoms with Gasteiger partial charge in [-0.3, -0.25) is 14.8 Å². The molecule has 35 heavy (non-hydrogen) atoms. The average molecular weight is 461 g/mol. The highest BCUT2D eigenvalue weighted by Gasteiger charge is 2.17. The van der Waals surface area contributed by atoms with Crippen LogP contribution in [0.2, 0.25) is 0 Å². The Kier molecular flexibility index (Phi) is 5.23. The number of carbonyl (C=O) groups is 1. The van der Waals surface area contributed by atoms with E-state index in [1.165, 1.54) is 0 Å². The van der Waals surface area contributed by atoms with E-state index in [0.29, 0.717) is 57.4 Å². The van der Waals surface area contributed by atoms with Gasteiger partial charge in [-0.15, -0.1) is 0 Å². The van der Waals surface area contributed by atoms with Gasteiger partial charge in [-0.25, -0.2) is 9.97 Å².